The minimum absolute atomic E-state index is 0.0234. The minimum Gasteiger partial charge on any atom is -0.361 e. The maximum Gasteiger partial charge on any atom is 0.264 e. The highest BCUT2D eigenvalue weighted by atomic mass is 32.2. The van der Waals surface area contributed by atoms with Gasteiger partial charge in [-0.25, -0.2) is 9.97 Å². The number of aromatic nitrogens is 3. The predicted molar refractivity (Wildman–Crippen MR) is 131 cm³/mol. The van der Waals surface area contributed by atoms with Gasteiger partial charge < -0.3 is 14.6 Å². The van der Waals surface area contributed by atoms with Crippen LogP contribution in [0.3, 0.4) is 0 Å². The van der Waals surface area contributed by atoms with Crippen LogP contribution in [0.25, 0.3) is 11.2 Å². The van der Waals surface area contributed by atoms with Crippen molar-refractivity contribution in [2.45, 2.75) is 65.0 Å². The second kappa shape index (κ2) is 9.81. The molecule has 1 fully saturated rings. The number of carbonyl (C=O) groups excluding carboxylic acids is 1. The van der Waals surface area contributed by atoms with Gasteiger partial charge in [0, 0.05) is 38.8 Å². The highest BCUT2D eigenvalue weighted by Crippen LogP contribution is 2.39. The van der Waals surface area contributed by atoms with E-state index in [9.17, 15) is 13.2 Å². The second-order valence-electron chi connectivity index (χ2n) is 10.9. The molecule has 0 saturated heterocycles. The van der Waals surface area contributed by atoms with E-state index in [1.165, 1.54) is 0 Å². The fourth-order valence-electron chi connectivity index (χ4n) is 3.18. The molecule has 1 saturated carbocycles. The fourth-order valence-corrected chi connectivity index (χ4v) is 4.47. The van der Waals surface area contributed by atoms with Gasteiger partial charge in [0.25, 0.3) is 16.0 Å². The summed E-state index contributed by atoms with van der Waals surface area (Å²) in [5.74, 6) is 0.136. The predicted octanol–water partition coefficient (Wildman–Crippen LogP) is 3.35. The molecule has 0 bridgehead atoms. The Kier molecular flexibility index (Phi) is 7.67. The highest BCUT2D eigenvalue weighted by molar-refractivity contribution is 7.85. The van der Waals surface area contributed by atoms with Crippen molar-refractivity contribution >= 4 is 35.3 Å². The van der Waals surface area contributed by atoms with Crippen LogP contribution in [0, 0.1) is 5.41 Å². The van der Waals surface area contributed by atoms with Crippen LogP contribution < -0.4 is 5.32 Å². The maximum atomic E-state index is 13.1. The average Bonchev–Trinajstić information content (AvgIpc) is 3.49. The van der Waals surface area contributed by atoms with Gasteiger partial charge in [-0.1, -0.05) is 33.5 Å². The molecule has 2 aromatic rings. The molecule has 2 heterocycles. The molecule has 1 aliphatic carbocycles. The summed E-state index contributed by atoms with van der Waals surface area (Å²) in [4.78, 5) is 22.5. The summed E-state index contributed by atoms with van der Waals surface area (Å²) >= 11 is 0. The lowest BCUT2D eigenvalue weighted by Crippen LogP contribution is -2.37. The van der Waals surface area contributed by atoms with Gasteiger partial charge in [0.15, 0.2) is 5.65 Å². The first-order chi connectivity index (χ1) is 15.2. The fraction of sp³-hybridized carbons (Fsp3) is 0.682. The third-order valence-corrected chi connectivity index (χ3v) is 7.69. The van der Waals surface area contributed by atoms with E-state index in [0.29, 0.717) is 36.0 Å². The number of nitrogens with one attached hydrogen (secondary N) is 1. The summed E-state index contributed by atoms with van der Waals surface area (Å²) in [5.41, 5.74) is 1.97. The third kappa shape index (κ3) is 7.87. The molecule has 1 N–H and O–H groups in total. The molecule has 1 amide bonds. The number of nitrogens with zero attached hydrogens (tertiary/aromatic N) is 3. The van der Waals surface area contributed by atoms with Crippen molar-refractivity contribution in [2.75, 3.05) is 26.0 Å². The van der Waals surface area contributed by atoms with Crippen LogP contribution in [-0.4, -0.2) is 62.9 Å². The third-order valence-electron chi connectivity index (χ3n) is 5.44. The zero-order chi connectivity index (χ0) is 24.4. The van der Waals surface area contributed by atoms with Gasteiger partial charge in [-0.3, -0.25) is 8.98 Å². The van der Waals surface area contributed by atoms with Gasteiger partial charge in [0.05, 0.1) is 30.3 Å². The quantitative estimate of drug-likeness (QED) is 0.272. The summed E-state index contributed by atoms with van der Waals surface area (Å²) < 4.78 is 35.2. The molecular weight excluding hydrogens is 460 g/mol. The summed E-state index contributed by atoms with van der Waals surface area (Å²) in [6, 6.07) is 1.06. The molecule has 3 rings (SSSR count). The second-order valence-corrected chi connectivity index (χ2v) is 18.2. The first kappa shape index (κ1) is 25.8. The van der Waals surface area contributed by atoms with Gasteiger partial charge in [0.2, 0.25) is 0 Å². The number of rotatable bonds is 12. The Hall–Kier alpha value is -1.82. The van der Waals surface area contributed by atoms with E-state index in [1.807, 2.05) is 18.4 Å². The largest absolute Gasteiger partial charge is 0.361 e. The molecule has 2 aromatic heterocycles. The molecule has 0 aromatic carbocycles. The summed E-state index contributed by atoms with van der Waals surface area (Å²) in [5, 5.41) is 2.90. The Labute approximate surface area is 197 Å². The van der Waals surface area contributed by atoms with E-state index in [0.717, 1.165) is 30.8 Å². The standard InChI is InChI=1S/C22H36N4O5SSi/c1-22(2,14-31-32(3,28)29)13-24-21(27)17-12-26(15-30-9-10-33(4,5)6)20-19(17)25-18(11-23-20)16-7-8-16/h11-12,16H,7-10,13-15H2,1-6H3,(H,24,27). The number of hydrogen-bond acceptors (Lipinski definition) is 7. The normalized spacial score (nSPS) is 15.2. The minimum atomic E-state index is -3.55. The summed E-state index contributed by atoms with van der Waals surface area (Å²) in [7, 11) is -4.74. The molecule has 33 heavy (non-hydrogen) atoms. The van der Waals surface area contributed by atoms with Crippen molar-refractivity contribution in [3.05, 3.63) is 23.7 Å². The summed E-state index contributed by atoms with van der Waals surface area (Å²) in [6.45, 7) is 11.8. The van der Waals surface area contributed by atoms with Crippen LogP contribution in [0.4, 0.5) is 0 Å². The lowest BCUT2D eigenvalue weighted by molar-refractivity contribution is 0.0886. The van der Waals surface area contributed by atoms with Gasteiger partial charge in [0.1, 0.15) is 12.2 Å². The lowest BCUT2D eigenvalue weighted by atomic mass is 9.95. The van der Waals surface area contributed by atoms with Gasteiger partial charge in [-0.15, -0.1) is 0 Å². The highest BCUT2D eigenvalue weighted by Gasteiger charge is 2.28. The van der Waals surface area contributed by atoms with E-state index < -0.39 is 23.6 Å². The van der Waals surface area contributed by atoms with Crippen LogP contribution >= 0.6 is 0 Å². The van der Waals surface area contributed by atoms with E-state index in [-0.39, 0.29) is 19.1 Å². The van der Waals surface area contributed by atoms with Crippen molar-refractivity contribution in [2.24, 2.45) is 5.41 Å². The molecule has 0 spiro atoms. The average molecular weight is 497 g/mol. The molecule has 11 heteroatoms. The molecule has 0 aliphatic heterocycles. The topological polar surface area (TPSA) is 112 Å². The number of hydrogen-bond donors (Lipinski definition) is 1. The van der Waals surface area contributed by atoms with Crippen LogP contribution in [0.5, 0.6) is 0 Å². The molecule has 0 atom stereocenters. The van der Waals surface area contributed by atoms with Crippen molar-refractivity contribution in [3.8, 4) is 0 Å². The number of ether oxygens (including phenoxy) is 1. The molecule has 0 radical (unpaired) electrons. The number of fused-ring (bicyclic) bond motifs is 1. The van der Waals surface area contributed by atoms with Gasteiger partial charge >= 0.3 is 0 Å². The van der Waals surface area contributed by atoms with E-state index in [4.69, 9.17) is 13.9 Å². The van der Waals surface area contributed by atoms with Crippen molar-refractivity contribution < 1.29 is 22.1 Å². The molecule has 9 nitrogen and oxygen atoms in total. The zero-order valence-electron chi connectivity index (χ0n) is 20.5. The molecule has 0 unspecified atom stereocenters. The Morgan fingerprint density at radius 3 is 2.61 bits per heavy atom. The zero-order valence-corrected chi connectivity index (χ0v) is 22.3. The van der Waals surface area contributed by atoms with E-state index in [2.05, 4.69) is 29.9 Å². The van der Waals surface area contributed by atoms with Crippen LogP contribution in [0.1, 0.15) is 48.7 Å². The maximum absolute atomic E-state index is 13.1. The van der Waals surface area contributed by atoms with Crippen molar-refractivity contribution in [1.82, 2.24) is 19.9 Å². The van der Waals surface area contributed by atoms with Gasteiger partial charge in [-0.2, -0.15) is 8.42 Å². The van der Waals surface area contributed by atoms with Crippen LogP contribution in [0.15, 0.2) is 12.4 Å². The smallest absolute Gasteiger partial charge is 0.264 e. The summed E-state index contributed by atoms with van der Waals surface area (Å²) in [6.07, 6.45) is 6.74. The Balaban J connectivity index is 1.75. The Morgan fingerprint density at radius 1 is 1.30 bits per heavy atom. The number of amides is 1. The number of carbonyl (C=O) groups is 1. The SMILES string of the molecule is CC(C)(CNC(=O)c1cn(COCC[Si](C)(C)C)c2ncc(C3CC3)nc12)COS(C)(=O)=O. The molecule has 1 aliphatic rings. The Morgan fingerprint density at radius 2 is 2.00 bits per heavy atom. The monoisotopic (exact) mass is 496 g/mol. The van der Waals surface area contributed by atoms with Crippen molar-refractivity contribution in [3.63, 3.8) is 0 Å². The van der Waals surface area contributed by atoms with E-state index >= 15 is 0 Å². The molecule has 184 valence electrons. The van der Waals surface area contributed by atoms with Crippen molar-refractivity contribution in [1.29, 1.82) is 0 Å². The van der Waals surface area contributed by atoms with Crippen LogP contribution in [-0.2, 0) is 25.8 Å². The van der Waals surface area contributed by atoms with E-state index in [1.54, 1.807) is 12.4 Å². The molecular formula is C22H36N4O5SSi. The first-order valence-corrected chi connectivity index (χ1v) is 16.8. The van der Waals surface area contributed by atoms with Crippen LogP contribution in [0.2, 0.25) is 25.7 Å². The first-order valence-electron chi connectivity index (χ1n) is 11.3. The Bertz CT molecular complexity index is 1100. The van der Waals surface area contributed by atoms with Gasteiger partial charge in [-0.05, 0) is 18.9 Å². The lowest BCUT2D eigenvalue weighted by Gasteiger charge is -2.23.